The second kappa shape index (κ2) is 6.78. The lowest BCUT2D eigenvalue weighted by Gasteiger charge is -2.15. The van der Waals surface area contributed by atoms with Crippen molar-refractivity contribution in [1.29, 1.82) is 0 Å². The topological polar surface area (TPSA) is 35.2 Å². The van der Waals surface area contributed by atoms with Gasteiger partial charge < -0.3 is 10.5 Å². The zero-order valence-corrected chi connectivity index (χ0v) is 12.7. The quantitative estimate of drug-likeness (QED) is 0.909. The summed E-state index contributed by atoms with van der Waals surface area (Å²) in [5.74, 6) is 0.905. The minimum Gasteiger partial charge on any atom is -0.496 e. The molecule has 2 aromatic rings. The van der Waals surface area contributed by atoms with E-state index in [1.165, 1.54) is 11.1 Å². The van der Waals surface area contributed by atoms with E-state index in [2.05, 4.69) is 13.0 Å². The minimum absolute atomic E-state index is 0.0619. The van der Waals surface area contributed by atoms with Crippen LogP contribution in [0.4, 0.5) is 0 Å². The summed E-state index contributed by atoms with van der Waals surface area (Å²) in [6, 6.07) is 14.1. The number of aryl methyl sites for hydroxylation is 1. The summed E-state index contributed by atoms with van der Waals surface area (Å²) in [6.45, 7) is 2.08. The lowest BCUT2D eigenvalue weighted by atomic mass is 9.98. The second-order valence-corrected chi connectivity index (χ2v) is 5.55. The Morgan fingerprint density at radius 2 is 1.80 bits per heavy atom. The van der Waals surface area contributed by atoms with E-state index in [0.29, 0.717) is 0 Å². The molecule has 20 heavy (non-hydrogen) atoms. The number of hydrogen-bond acceptors (Lipinski definition) is 2. The molecule has 3 heteroatoms. The van der Waals surface area contributed by atoms with Gasteiger partial charge in [-0.1, -0.05) is 41.4 Å². The Morgan fingerprint density at radius 3 is 2.45 bits per heavy atom. The average Bonchev–Trinajstić information content (AvgIpc) is 2.41. The van der Waals surface area contributed by atoms with Gasteiger partial charge in [-0.25, -0.2) is 0 Å². The van der Waals surface area contributed by atoms with Gasteiger partial charge >= 0.3 is 0 Å². The number of halogens is 1. The Balaban J connectivity index is 2.05. The highest BCUT2D eigenvalue weighted by Crippen LogP contribution is 2.21. The van der Waals surface area contributed by atoms with Gasteiger partial charge in [0, 0.05) is 11.1 Å². The van der Waals surface area contributed by atoms with E-state index in [1.807, 2.05) is 36.4 Å². The summed E-state index contributed by atoms with van der Waals surface area (Å²) in [4.78, 5) is 0. The molecule has 106 valence electrons. The predicted octanol–water partition coefficient (Wildman–Crippen LogP) is 3.77. The first-order valence-electron chi connectivity index (χ1n) is 6.72. The highest BCUT2D eigenvalue weighted by atomic mass is 35.5. The van der Waals surface area contributed by atoms with Gasteiger partial charge in [-0.05, 0) is 49.1 Å². The number of methoxy groups -OCH3 is 1. The molecular formula is C17H20ClNO. The van der Waals surface area contributed by atoms with Crippen molar-refractivity contribution in [3.63, 3.8) is 0 Å². The van der Waals surface area contributed by atoms with Crippen LogP contribution in [0.5, 0.6) is 5.75 Å². The molecule has 0 heterocycles. The average molecular weight is 290 g/mol. The van der Waals surface area contributed by atoms with Crippen molar-refractivity contribution >= 4 is 11.6 Å². The van der Waals surface area contributed by atoms with Crippen molar-refractivity contribution in [2.24, 2.45) is 5.73 Å². The molecule has 0 fully saturated rings. The van der Waals surface area contributed by atoms with Crippen LogP contribution in [0, 0.1) is 6.92 Å². The van der Waals surface area contributed by atoms with Gasteiger partial charge in [-0.3, -0.25) is 0 Å². The molecule has 0 bridgehead atoms. The molecule has 2 N–H and O–H groups in total. The molecule has 1 unspecified atom stereocenters. The smallest absolute Gasteiger partial charge is 0.122 e. The maximum atomic E-state index is 6.26. The molecule has 2 rings (SSSR count). The van der Waals surface area contributed by atoms with Crippen LogP contribution in [0.2, 0.25) is 5.02 Å². The summed E-state index contributed by atoms with van der Waals surface area (Å²) >= 11 is 5.89. The van der Waals surface area contributed by atoms with Gasteiger partial charge in [0.15, 0.2) is 0 Å². The molecule has 0 amide bonds. The largest absolute Gasteiger partial charge is 0.496 e. The van der Waals surface area contributed by atoms with Crippen LogP contribution in [0.1, 0.15) is 16.7 Å². The third kappa shape index (κ3) is 3.99. The molecule has 0 spiro atoms. The molecule has 0 aromatic heterocycles. The predicted molar refractivity (Wildman–Crippen MR) is 84.6 cm³/mol. The van der Waals surface area contributed by atoms with Crippen molar-refractivity contribution in [2.75, 3.05) is 7.11 Å². The summed E-state index contributed by atoms with van der Waals surface area (Å²) in [5, 5.41) is 0.752. The Bertz CT molecular complexity index is 566. The number of benzene rings is 2. The molecule has 2 nitrogen and oxygen atoms in total. The Kier molecular flexibility index (Phi) is 5.05. The third-order valence-electron chi connectivity index (χ3n) is 3.33. The third-order valence-corrected chi connectivity index (χ3v) is 3.58. The molecule has 2 aromatic carbocycles. The van der Waals surface area contributed by atoms with Gasteiger partial charge in [-0.15, -0.1) is 0 Å². The highest BCUT2D eigenvalue weighted by Gasteiger charge is 2.10. The summed E-state index contributed by atoms with van der Waals surface area (Å²) in [7, 11) is 1.69. The highest BCUT2D eigenvalue weighted by molar-refractivity contribution is 6.30. The molecule has 0 aliphatic carbocycles. The van der Waals surface area contributed by atoms with Gasteiger partial charge in [-0.2, -0.15) is 0 Å². The van der Waals surface area contributed by atoms with Gasteiger partial charge in [0.2, 0.25) is 0 Å². The van der Waals surface area contributed by atoms with E-state index in [0.717, 1.165) is 29.2 Å². The van der Waals surface area contributed by atoms with Crippen molar-refractivity contribution in [1.82, 2.24) is 0 Å². The van der Waals surface area contributed by atoms with Crippen LogP contribution in [-0.2, 0) is 12.8 Å². The number of nitrogens with two attached hydrogens (primary N) is 1. The van der Waals surface area contributed by atoms with Crippen molar-refractivity contribution in [3.05, 3.63) is 64.2 Å². The first-order valence-corrected chi connectivity index (χ1v) is 7.10. The summed E-state index contributed by atoms with van der Waals surface area (Å²) < 4.78 is 5.39. The molecule has 1 atom stereocenters. The Morgan fingerprint density at radius 1 is 1.10 bits per heavy atom. The van der Waals surface area contributed by atoms with E-state index in [9.17, 15) is 0 Å². The van der Waals surface area contributed by atoms with E-state index in [-0.39, 0.29) is 6.04 Å². The van der Waals surface area contributed by atoms with E-state index in [1.54, 1.807) is 7.11 Å². The minimum atomic E-state index is 0.0619. The Labute approximate surface area is 125 Å². The number of ether oxygens (including phenoxy) is 1. The summed E-state index contributed by atoms with van der Waals surface area (Å²) in [5.41, 5.74) is 9.85. The molecule has 0 aliphatic rings. The first-order chi connectivity index (χ1) is 9.58. The van der Waals surface area contributed by atoms with Gasteiger partial charge in [0.1, 0.15) is 5.75 Å². The normalized spacial score (nSPS) is 12.2. The standard InChI is InChI=1S/C17H20ClNO/c1-12-3-8-17(20-2)14(9-12)11-16(19)10-13-4-6-15(18)7-5-13/h3-9,16H,10-11,19H2,1-2H3. The molecule has 0 saturated heterocycles. The fourth-order valence-electron chi connectivity index (χ4n) is 2.34. The number of rotatable bonds is 5. The molecular weight excluding hydrogens is 270 g/mol. The van der Waals surface area contributed by atoms with E-state index < -0.39 is 0 Å². The van der Waals surface area contributed by atoms with Gasteiger partial charge in [0.25, 0.3) is 0 Å². The van der Waals surface area contributed by atoms with E-state index >= 15 is 0 Å². The van der Waals surface area contributed by atoms with Crippen LogP contribution < -0.4 is 10.5 Å². The van der Waals surface area contributed by atoms with E-state index in [4.69, 9.17) is 22.1 Å². The fourth-order valence-corrected chi connectivity index (χ4v) is 2.47. The lowest BCUT2D eigenvalue weighted by molar-refractivity contribution is 0.407. The maximum absolute atomic E-state index is 6.26. The van der Waals surface area contributed by atoms with Crippen LogP contribution in [-0.4, -0.2) is 13.2 Å². The Hall–Kier alpha value is -1.51. The summed E-state index contributed by atoms with van der Waals surface area (Å²) in [6.07, 6.45) is 1.63. The van der Waals surface area contributed by atoms with Crippen LogP contribution in [0.25, 0.3) is 0 Å². The lowest BCUT2D eigenvalue weighted by Crippen LogP contribution is -2.25. The SMILES string of the molecule is COc1ccc(C)cc1CC(N)Cc1ccc(Cl)cc1. The molecule has 0 radical (unpaired) electrons. The van der Waals surface area contributed by atoms with Crippen LogP contribution in [0.3, 0.4) is 0 Å². The maximum Gasteiger partial charge on any atom is 0.122 e. The second-order valence-electron chi connectivity index (χ2n) is 5.11. The molecule has 0 saturated carbocycles. The zero-order valence-electron chi connectivity index (χ0n) is 11.9. The van der Waals surface area contributed by atoms with Crippen molar-refractivity contribution in [3.8, 4) is 5.75 Å². The monoisotopic (exact) mass is 289 g/mol. The van der Waals surface area contributed by atoms with Crippen molar-refractivity contribution in [2.45, 2.75) is 25.8 Å². The first kappa shape index (κ1) is 14.9. The van der Waals surface area contributed by atoms with Crippen LogP contribution >= 0.6 is 11.6 Å². The fraction of sp³-hybridized carbons (Fsp3) is 0.294. The van der Waals surface area contributed by atoms with Crippen molar-refractivity contribution < 1.29 is 4.74 Å². The number of hydrogen-bond donors (Lipinski definition) is 1. The zero-order chi connectivity index (χ0) is 14.5. The van der Waals surface area contributed by atoms with Crippen LogP contribution in [0.15, 0.2) is 42.5 Å². The molecule has 0 aliphatic heterocycles. The van der Waals surface area contributed by atoms with Gasteiger partial charge in [0.05, 0.1) is 7.11 Å².